The zero-order valence-corrected chi connectivity index (χ0v) is 32.1. The van der Waals surface area contributed by atoms with Crippen LogP contribution < -0.4 is 4.90 Å². The van der Waals surface area contributed by atoms with Gasteiger partial charge in [-0.1, -0.05) is 165 Å². The molecule has 58 heavy (non-hydrogen) atoms. The first-order valence-electron chi connectivity index (χ1n) is 20.1. The zero-order valence-electron chi connectivity index (χ0n) is 32.1. The maximum Gasteiger partial charge on any atom is 0.143 e. The highest BCUT2D eigenvalue weighted by Crippen LogP contribution is 2.43. The molecule has 3 heteroatoms. The molecule has 0 amide bonds. The van der Waals surface area contributed by atoms with E-state index in [1.165, 1.54) is 33.2 Å². The molecule has 0 saturated heterocycles. The van der Waals surface area contributed by atoms with E-state index < -0.39 is 0 Å². The van der Waals surface area contributed by atoms with Gasteiger partial charge >= 0.3 is 0 Å². The summed E-state index contributed by atoms with van der Waals surface area (Å²) in [5.41, 5.74) is 16.4. The lowest BCUT2D eigenvalue weighted by atomic mass is 9.93. The summed E-state index contributed by atoms with van der Waals surface area (Å²) in [6.07, 6.45) is 5.49. The van der Waals surface area contributed by atoms with Gasteiger partial charge in [0.2, 0.25) is 0 Å². The Kier molecular flexibility index (Phi) is 8.18. The Morgan fingerprint density at radius 3 is 1.48 bits per heavy atom. The standard InChI is InChI=1S/C55H39NO2/c1-36-10-7-16-50-51-18-9-15-47(55(51)58-53(36)50)42-28-34-45(35-29-42)56(43-30-24-40(25-31-43)39-22-20-38(21-23-39)37-11-3-2-4-12-37)44-32-26-41(27-33-44)46-14-8-17-49-48-13-5-6-19-52(48)57-54(46)49/h2-9,11-36H,10H2,1H3. The van der Waals surface area contributed by atoms with Crippen molar-refractivity contribution in [2.45, 2.75) is 19.3 Å². The third-order valence-electron chi connectivity index (χ3n) is 11.7. The van der Waals surface area contributed by atoms with Crippen LogP contribution in [0.2, 0.25) is 0 Å². The van der Waals surface area contributed by atoms with Crippen molar-refractivity contribution < 1.29 is 8.83 Å². The van der Waals surface area contributed by atoms with Gasteiger partial charge in [-0.15, -0.1) is 0 Å². The summed E-state index contributed by atoms with van der Waals surface area (Å²) in [6, 6.07) is 67.1. The number of benzene rings is 8. The lowest BCUT2D eigenvalue weighted by Gasteiger charge is -2.26. The number of para-hydroxylation sites is 3. The van der Waals surface area contributed by atoms with Crippen LogP contribution in [0.25, 0.3) is 83.5 Å². The van der Waals surface area contributed by atoms with E-state index in [0.717, 1.165) is 79.0 Å². The third-order valence-corrected chi connectivity index (χ3v) is 11.7. The maximum atomic E-state index is 6.60. The first-order valence-corrected chi connectivity index (χ1v) is 20.1. The van der Waals surface area contributed by atoms with Crippen molar-refractivity contribution in [3.63, 3.8) is 0 Å². The molecule has 0 bridgehead atoms. The highest BCUT2D eigenvalue weighted by atomic mass is 16.3. The average molecular weight is 746 g/mol. The van der Waals surface area contributed by atoms with E-state index in [2.05, 4.69) is 200 Å². The second kappa shape index (κ2) is 14.0. The van der Waals surface area contributed by atoms with Crippen LogP contribution in [0.3, 0.4) is 0 Å². The fourth-order valence-electron chi connectivity index (χ4n) is 8.71. The Bertz CT molecular complexity index is 3110. The summed E-state index contributed by atoms with van der Waals surface area (Å²) in [7, 11) is 0. The third kappa shape index (κ3) is 5.83. The van der Waals surface area contributed by atoms with Gasteiger partial charge in [0.05, 0.1) is 0 Å². The molecule has 3 nitrogen and oxygen atoms in total. The van der Waals surface area contributed by atoms with Gasteiger partial charge in [0, 0.05) is 55.8 Å². The number of furan rings is 2. The fraction of sp³-hybridized carbons (Fsp3) is 0.0545. The van der Waals surface area contributed by atoms with E-state index in [4.69, 9.17) is 8.83 Å². The van der Waals surface area contributed by atoms with Crippen LogP contribution in [0.4, 0.5) is 17.1 Å². The highest BCUT2D eigenvalue weighted by molar-refractivity contribution is 6.09. The van der Waals surface area contributed by atoms with Gasteiger partial charge in [-0.05, 0) is 82.3 Å². The van der Waals surface area contributed by atoms with Gasteiger partial charge < -0.3 is 13.7 Å². The normalized spacial score (nSPS) is 13.6. The Morgan fingerprint density at radius 1 is 0.414 bits per heavy atom. The van der Waals surface area contributed by atoms with Gasteiger partial charge in [-0.2, -0.15) is 0 Å². The number of hydrogen-bond acceptors (Lipinski definition) is 3. The molecule has 276 valence electrons. The van der Waals surface area contributed by atoms with E-state index in [1.54, 1.807) is 0 Å². The monoisotopic (exact) mass is 745 g/mol. The summed E-state index contributed by atoms with van der Waals surface area (Å²) < 4.78 is 13.0. The number of nitrogens with zero attached hydrogens (tertiary/aromatic N) is 1. The van der Waals surface area contributed by atoms with Gasteiger partial charge in [0.1, 0.15) is 22.5 Å². The predicted octanol–water partition coefficient (Wildman–Crippen LogP) is 16.0. The second-order valence-electron chi connectivity index (χ2n) is 15.3. The van der Waals surface area contributed by atoms with Gasteiger partial charge in [0.25, 0.3) is 0 Å². The van der Waals surface area contributed by atoms with Crippen molar-refractivity contribution >= 4 is 56.0 Å². The Balaban J connectivity index is 0.968. The van der Waals surface area contributed by atoms with Gasteiger partial charge in [-0.3, -0.25) is 0 Å². The van der Waals surface area contributed by atoms with Crippen molar-refractivity contribution in [2.24, 2.45) is 0 Å². The van der Waals surface area contributed by atoms with Gasteiger partial charge in [0.15, 0.2) is 0 Å². The topological polar surface area (TPSA) is 29.5 Å². The smallest absolute Gasteiger partial charge is 0.143 e. The zero-order chi connectivity index (χ0) is 38.6. The van der Waals surface area contributed by atoms with Crippen molar-refractivity contribution in [3.8, 4) is 44.5 Å². The number of rotatable bonds is 7. The molecule has 11 rings (SSSR count). The van der Waals surface area contributed by atoms with E-state index >= 15 is 0 Å². The number of anilines is 3. The van der Waals surface area contributed by atoms with Crippen LogP contribution in [0.15, 0.2) is 203 Å². The predicted molar refractivity (Wildman–Crippen MR) is 242 cm³/mol. The van der Waals surface area contributed by atoms with Crippen LogP contribution in [0.5, 0.6) is 0 Å². The van der Waals surface area contributed by atoms with Crippen molar-refractivity contribution in [3.05, 3.63) is 205 Å². The molecule has 1 aliphatic carbocycles. The van der Waals surface area contributed by atoms with E-state index in [0.29, 0.717) is 5.92 Å². The molecular weight excluding hydrogens is 707 g/mol. The summed E-state index contributed by atoms with van der Waals surface area (Å²) in [5, 5.41) is 3.44. The summed E-state index contributed by atoms with van der Waals surface area (Å²) >= 11 is 0. The lowest BCUT2D eigenvalue weighted by molar-refractivity contribution is 0.504. The molecule has 0 aliphatic heterocycles. The van der Waals surface area contributed by atoms with Gasteiger partial charge in [-0.25, -0.2) is 0 Å². The first kappa shape index (κ1) is 33.9. The molecule has 0 N–H and O–H groups in total. The molecule has 0 spiro atoms. The quantitative estimate of drug-likeness (QED) is 0.163. The second-order valence-corrected chi connectivity index (χ2v) is 15.3. The first-order chi connectivity index (χ1) is 28.7. The molecule has 0 fully saturated rings. The molecule has 2 heterocycles. The molecule has 10 aromatic rings. The summed E-state index contributed by atoms with van der Waals surface area (Å²) in [6.45, 7) is 2.24. The molecule has 1 aliphatic rings. The number of hydrogen-bond donors (Lipinski definition) is 0. The van der Waals surface area contributed by atoms with Crippen molar-refractivity contribution in [1.82, 2.24) is 0 Å². The van der Waals surface area contributed by atoms with Crippen LogP contribution >= 0.6 is 0 Å². The summed E-state index contributed by atoms with van der Waals surface area (Å²) in [5.74, 6) is 1.46. The van der Waals surface area contributed by atoms with E-state index in [9.17, 15) is 0 Å². The number of fused-ring (bicyclic) bond motifs is 6. The SMILES string of the molecule is CC1CC=Cc2c1oc1c(-c3ccc(N(c4ccc(-c5ccc(-c6ccccc6)cc5)cc4)c4ccc(-c5cccc6c5oc5ccccc56)cc4)cc3)cccc21. The molecule has 2 aromatic heterocycles. The Labute approximate surface area is 337 Å². The minimum Gasteiger partial charge on any atom is -0.459 e. The van der Waals surface area contributed by atoms with Crippen LogP contribution in [0, 0.1) is 0 Å². The van der Waals surface area contributed by atoms with Crippen LogP contribution in [-0.2, 0) is 0 Å². The van der Waals surface area contributed by atoms with Crippen LogP contribution in [-0.4, -0.2) is 0 Å². The minimum absolute atomic E-state index is 0.370. The lowest BCUT2D eigenvalue weighted by Crippen LogP contribution is -2.09. The molecule has 8 aromatic carbocycles. The largest absolute Gasteiger partial charge is 0.459 e. The Hall–Kier alpha value is -7.36. The van der Waals surface area contributed by atoms with Crippen molar-refractivity contribution in [1.29, 1.82) is 0 Å². The summed E-state index contributed by atoms with van der Waals surface area (Å²) in [4.78, 5) is 2.33. The molecule has 0 saturated carbocycles. The molecular formula is C55H39NO2. The average Bonchev–Trinajstić information content (AvgIpc) is 3.88. The van der Waals surface area contributed by atoms with Crippen molar-refractivity contribution in [2.75, 3.05) is 4.90 Å². The van der Waals surface area contributed by atoms with E-state index in [1.807, 2.05) is 12.1 Å². The molecule has 1 unspecified atom stereocenters. The molecule has 0 radical (unpaired) electrons. The van der Waals surface area contributed by atoms with E-state index in [-0.39, 0.29) is 0 Å². The van der Waals surface area contributed by atoms with Crippen LogP contribution in [0.1, 0.15) is 30.6 Å². The maximum absolute atomic E-state index is 6.60. The molecule has 1 atom stereocenters. The minimum atomic E-state index is 0.370. The number of allylic oxidation sites excluding steroid dienone is 1. The highest BCUT2D eigenvalue weighted by Gasteiger charge is 2.22. The Morgan fingerprint density at radius 2 is 0.879 bits per heavy atom. The fourth-order valence-corrected chi connectivity index (χ4v) is 8.71.